The van der Waals surface area contributed by atoms with Gasteiger partial charge >= 0.3 is 6.18 Å². The van der Waals surface area contributed by atoms with E-state index < -0.39 is 40.7 Å². The third-order valence-corrected chi connectivity index (χ3v) is 7.73. The molecule has 212 valence electrons. The quantitative estimate of drug-likeness (QED) is 0.578. The number of anilines is 1. The molecule has 0 aliphatic carbocycles. The minimum Gasteiger partial charge on any atom is -0.491 e. The number of hydrogen-bond acceptors (Lipinski definition) is 7. The third kappa shape index (κ3) is 7.60. The highest BCUT2D eigenvalue weighted by Crippen LogP contribution is 2.28. The first-order valence-electron chi connectivity index (χ1n) is 12.1. The molecular weight excluding hydrogens is 527 g/mol. The lowest BCUT2D eigenvalue weighted by molar-refractivity contribution is -0.140. The largest absolute Gasteiger partial charge is 0.491 e. The number of ether oxygens (including phenoxy) is 2. The highest BCUT2D eigenvalue weighted by Gasteiger charge is 2.32. The fraction of sp³-hybridized carbons (Fsp3) is 0.583. The zero-order valence-electron chi connectivity index (χ0n) is 22.0. The molecule has 3 rings (SSSR count). The molecule has 38 heavy (non-hydrogen) atoms. The summed E-state index contributed by atoms with van der Waals surface area (Å²) in [6, 6.07) is 3.88. The maximum absolute atomic E-state index is 13.4. The molecule has 0 radical (unpaired) electrons. The highest BCUT2D eigenvalue weighted by atomic mass is 32.2. The topological polar surface area (TPSA) is 106 Å². The number of hydrogen-bond donors (Lipinski definition) is 1. The average molecular weight is 562 g/mol. The van der Waals surface area contributed by atoms with Crippen molar-refractivity contribution in [3.05, 3.63) is 36.3 Å². The van der Waals surface area contributed by atoms with Crippen molar-refractivity contribution in [2.24, 2.45) is 13.0 Å². The Kier molecular flexibility index (Phi) is 9.31. The van der Waals surface area contributed by atoms with E-state index in [-0.39, 0.29) is 47.6 Å². The molecule has 0 fully saturated rings. The van der Waals surface area contributed by atoms with Crippen LogP contribution in [0.1, 0.15) is 30.6 Å². The zero-order valence-corrected chi connectivity index (χ0v) is 22.8. The second-order valence-electron chi connectivity index (χ2n) is 9.65. The highest BCUT2D eigenvalue weighted by molar-refractivity contribution is 7.92. The van der Waals surface area contributed by atoms with Crippen LogP contribution in [0.25, 0.3) is 0 Å². The molecule has 3 atom stereocenters. The van der Waals surface area contributed by atoms with Crippen LogP contribution < -0.4 is 9.46 Å². The molecule has 0 unspecified atom stereocenters. The number of alkyl halides is 3. The van der Waals surface area contributed by atoms with Crippen molar-refractivity contribution in [3.63, 3.8) is 0 Å². The van der Waals surface area contributed by atoms with Crippen molar-refractivity contribution in [3.8, 4) is 5.75 Å². The number of amides is 1. The predicted octanol–water partition coefficient (Wildman–Crippen LogP) is 2.98. The van der Waals surface area contributed by atoms with Gasteiger partial charge in [0.05, 0.1) is 24.4 Å². The first kappa shape index (κ1) is 29.7. The van der Waals surface area contributed by atoms with Gasteiger partial charge in [0.1, 0.15) is 12.4 Å². The summed E-state index contributed by atoms with van der Waals surface area (Å²) >= 11 is 0. The van der Waals surface area contributed by atoms with Gasteiger partial charge in [-0.25, -0.2) is 4.98 Å². The average Bonchev–Trinajstić information content (AvgIpc) is 3.29. The van der Waals surface area contributed by atoms with E-state index in [1.54, 1.807) is 25.9 Å². The van der Waals surface area contributed by atoms with E-state index in [4.69, 9.17) is 9.47 Å². The lowest BCUT2D eigenvalue weighted by atomic mass is 10.0. The maximum Gasteiger partial charge on any atom is 0.390 e. The molecule has 0 spiro atoms. The minimum atomic E-state index is -4.30. The van der Waals surface area contributed by atoms with E-state index in [0.29, 0.717) is 6.54 Å². The first-order valence-corrected chi connectivity index (χ1v) is 13.5. The van der Waals surface area contributed by atoms with E-state index in [2.05, 4.69) is 9.71 Å². The number of imidazole rings is 1. The molecule has 0 bridgehead atoms. The van der Waals surface area contributed by atoms with Crippen molar-refractivity contribution in [1.82, 2.24) is 19.4 Å². The van der Waals surface area contributed by atoms with Crippen LogP contribution in [-0.2, 0) is 21.8 Å². The Labute approximate surface area is 220 Å². The summed E-state index contributed by atoms with van der Waals surface area (Å²) in [4.78, 5) is 20.4. The summed E-state index contributed by atoms with van der Waals surface area (Å²) < 4.78 is 79.9. The van der Waals surface area contributed by atoms with Crippen molar-refractivity contribution in [2.75, 3.05) is 45.1 Å². The van der Waals surface area contributed by atoms with Gasteiger partial charge in [0.15, 0.2) is 5.03 Å². The van der Waals surface area contributed by atoms with Gasteiger partial charge in [0.2, 0.25) is 0 Å². The van der Waals surface area contributed by atoms with Crippen molar-refractivity contribution in [1.29, 1.82) is 0 Å². The normalized spacial score (nSPS) is 22.3. The van der Waals surface area contributed by atoms with Crippen LogP contribution in [-0.4, -0.2) is 92.4 Å². The number of fused-ring (bicyclic) bond motifs is 1. The van der Waals surface area contributed by atoms with Gasteiger partial charge in [0, 0.05) is 58.8 Å². The number of carbonyl (C=O) groups is 1. The molecule has 14 heteroatoms. The summed E-state index contributed by atoms with van der Waals surface area (Å²) in [5.41, 5.74) is 0.231. The number of methoxy groups -OCH3 is 1. The maximum atomic E-state index is 13.4. The summed E-state index contributed by atoms with van der Waals surface area (Å²) in [5.74, 6) is -0.426. The molecule has 0 saturated heterocycles. The fourth-order valence-electron chi connectivity index (χ4n) is 4.23. The summed E-state index contributed by atoms with van der Waals surface area (Å²) in [7, 11) is 0.698. The van der Waals surface area contributed by atoms with Crippen LogP contribution in [0.4, 0.5) is 18.9 Å². The van der Waals surface area contributed by atoms with E-state index in [9.17, 15) is 26.4 Å². The van der Waals surface area contributed by atoms with Gasteiger partial charge < -0.3 is 18.9 Å². The van der Waals surface area contributed by atoms with Gasteiger partial charge in [-0.15, -0.1) is 0 Å². The van der Waals surface area contributed by atoms with Crippen LogP contribution in [0.5, 0.6) is 5.75 Å². The molecule has 1 aromatic heterocycles. The number of halogens is 3. The Bertz CT molecular complexity index is 1220. The zero-order chi connectivity index (χ0) is 28.3. The molecule has 1 aliphatic heterocycles. The van der Waals surface area contributed by atoms with E-state index in [1.165, 1.54) is 47.3 Å². The number of aromatic nitrogens is 2. The number of rotatable bonds is 6. The van der Waals surface area contributed by atoms with Crippen LogP contribution in [0, 0.1) is 5.92 Å². The van der Waals surface area contributed by atoms with Crippen molar-refractivity contribution >= 4 is 21.6 Å². The Morgan fingerprint density at radius 3 is 2.53 bits per heavy atom. The molecule has 1 N–H and O–H groups in total. The molecular formula is C24H34F3N5O5S. The summed E-state index contributed by atoms with van der Waals surface area (Å²) in [6.07, 6.45) is -3.01. The number of benzene rings is 1. The number of nitrogens with zero attached hydrogens (tertiary/aromatic N) is 4. The Hall–Kier alpha value is -2.84. The second kappa shape index (κ2) is 11.9. The fourth-order valence-corrected chi connectivity index (χ4v) is 5.26. The molecule has 1 amide bonds. The lowest BCUT2D eigenvalue weighted by Crippen LogP contribution is -2.47. The van der Waals surface area contributed by atoms with Crippen LogP contribution in [0.2, 0.25) is 0 Å². The Morgan fingerprint density at radius 1 is 1.21 bits per heavy atom. The van der Waals surface area contributed by atoms with Gasteiger partial charge in [-0.05, 0) is 31.0 Å². The lowest BCUT2D eigenvalue weighted by Gasteiger charge is -2.36. The molecule has 10 nitrogen and oxygen atoms in total. The Morgan fingerprint density at radius 2 is 1.92 bits per heavy atom. The number of aryl methyl sites for hydroxylation is 1. The van der Waals surface area contributed by atoms with Crippen LogP contribution in [0.3, 0.4) is 0 Å². The van der Waals surface area contributed by atoms with Crippen LogP contribution >= 0.6 is 0 Å². The standard InChI is InChI=1S/C24H34F3N5O5S/c1-16-11-32(9-8-24(25,26)27)17(2)14-37-20-7-6-18(29-38(34,35)22-13-30(3)15-28-22)10-19(20)23(33)31(4)12-21(16)36-5/h6-7,10,13,15-17,21,29H,8-9,11-12,14H2,1-5H3/t16-,17+,21-/m0/s1. The van der Waals surface area contributed by atoms with Gasteiger partial charge in [0.25, 0.3) is 15.9 Å². The monoisotopic (exact) mass is 561 g/mol. The van der Waals surface area contributed by atoms with E-state index >= 15 is 0 Å². The first-order chi connectivity index (χ1) is 17.7. The molecule has 2 heterocycles. The number of sulfonamides is 1. The summed E-state index contributed by atoms with van der Waals surface area (Å²) in [5, 5.41) is -0.183. The number of likely N-dealkylation sites (N-methyl/N-ethyl adjacent to an activating group) is 1. The summed E-state index contributed by atoms with van der Waals surface area (Å²) in [6.45, 7) is 3.93. The molecule has 2 aromatic rings. The Balaban J connectivity index is 1.94. The molecule has 1 aliphatic rings. The van der Waals surface area contributed by atoms with Crippen LogP contribution in [0.15, 0.2) is 35.7 Å². The van der Waals surface area contributed by atoms with Crippen molar-refractivity contribution in [2.45, 2.75) is 43.6 Å². The van der Waals surface area contributed by atoms with E-state index in [0.717, 1.165) is 0 Å². The van der Waals surface area contributed by atoms with Gasteiger partial charge in [-0.1, -0.05) is 6.92 Å². The SMILES string of the molecule is CO[C@H]1CN(C)C(=O)c2cc(NS(=O)(=O)c3cn(C)cn3)ccc2OC[C@@H](C)N(CCC(F)(F)F)C[C@@H]1C. The van der Waals surface area contributed by atoms with E-state index in [1.807, 2.05) is 6.92 Å². The molecule has 1 aromatic carbocycles. The smallest absolute Gasteiger partial charge is 0.390 e. The number of nitrogens with one attached hydrogen (secondary N) is 1. The minimum absolute atomic E-state index is 0.0191. The number of carbonyl (C=O) groups excluding carboxylic acids is 1. The van der Waals surface area contributed by atoms with Crippen molar-refractivity contribution < 1.29 is 35.9 Å². The molecule has 0 saturated carbocycles. The van der Waals surface area contributed by atoms with Gasteiger partial charge in [-0.3, -0.25) is 14.4 Å². The second-order valence-corrected chi connectivity index (χ2v) is 11.3. The predicted molar refractivity (Wildman–Crippen MR) is 135 cm³/mol. The third-order valence-electron chi connectivity index (χ3n) is 6.47. The van der Waals surface area contributed by atoms with Gasteiger partial charge in [-0.2, -0.15) is 21.6 Å².